The van der Waals surface area contributed by atoms with Gasteiger partial charge in [-0.25, -0.2) is 8.42 Å². The standard InChI is InChI=1S/C14H18N7O7PS2/c1-9-10-6-11(27-4-2-17-20-15)12(28-5-3-18-21-16)7-13(10)30-14(9)31(25,26)19-8-29(22,23)24/h6-7,19H,2-5,8H2,1H3,(H2,22,23,24). The summed E-state index contributed by atoms with van der Waals surface area (Å²) in [6.45, 7) is 1.75. The largest absolute Gasteiger partial charge is 0.490 e. The van der Waals surface area contributed by atoms with Crippen molar-refractivity contribution in [2.45, 2.75) is 11.1 Å². The number of ether oxygens (including phenoxy) is 2. The molecule has 31 heavy (non-hydrogen) atoms. The van der Waals surface area contributed by atoms with Gasteiger partial charge in [0.15, 0.2) is 11.5 Å². The molecule has 0 bridgehead atoms. The third kappa shape index (κ3) is 6.99. The molecule has 0 aliphatic rings. The Hall–Kier alpha value is -2.54. The molecule has 3 N–H and O–H groups in total. The second-order valence-corrected chi connectivity index (χ2v) is 10.5. The monoisotopic (exact) mass is 491 g/mol. The van der Waals surface area contributed by atoms with Crippen LogP contribution in [0.1, 0.15) is 5.56 Å². The first-order valence-corrected chi connectivity index (χ1v) is 12.6. The van der Waals surface area contributed by atoms with Gasteiger partial charge in [-0.05, 0) is 29.6 Å². The molecule has 2 rings (SSSR count). The van der Waals surface area contributed by atoms with Gasteiger partial charge in [0.25, 0.3) is 10.0 Å². The summed E-state index contributed by atoms with van der Waals surface area (Å²) in [6, 6.07) is 3.11. The predicted molar refractivity (Wildman–Crippen MR) is 113 cm³/mol. The molecule has 0 amide bonds. The van der Waals surface area contributed by atoms with E-state index in [-0.39, 0.29) is 42.0 Å². The van der Waals surface area contributed by atoms with Crippen molar-refractivity contribution < 1.29 is 32.2 Å². The van der Waals surface area contributed by atoms with Gasteiger partial charge >= 0.3 is 7.60 Å². The zero-order valence-corrected chi connectivity index (χ0v) is 18.6. The lowest BCUT2D eigenvalue weighted by Gasteiger charge is -2.12. The maximum Gasteiger partial charge on any atom is 0.340 e. The van der Waals surface area contributed by atoms with Crippen LogP contribution in [0.25, 0.3) is 31.0 Å². The lowest BCUT2D eigenvalue weighted by Crippen LogP contribution is -2.24. The summed E-state index contributed by atoms with van der Waals surface area (Å²) in [5.41, 5.74) is 17.1. The van der Waals surface area contributed by atoms with Gasteiger partial charge < -0.3 is 19.3 Å². The van der Waals surface area contributed by atoms with Crippen molar-refractivity contribution in [1.82, 2.24) is 4.72 Å². The molecule has 168 valence electrons. The van der Waals surface area contributed by atoms with Gasteiger partial charge in [0.2, 0.25) is 0 Å². The van der Waals surface area contributed by atoms with Crippen LogP contribution in [-0.4, -0.2) is 50.8 Å². The number of hydrogen-bond donors (Lipinski definition) is 3. The van der Waals surface area contributed by atoms with Crippen LogP contribution in [0.2, 0.25) is 0 Å². The number of nitrogens with one attached hydrogen (secondary N) is 1. The lowest BCUT2D eigenvalue weighted by atomic mass is 10.2. The fraction of sp³-hybridized carbons (Fsp3) is 0.429. The highest BCUT2D eigenvalue weighted by molar-refractivity contribution is 7.92. The highest BCUT2D eigenvalue weighted by Gasteiger charge is 2.26. The molecule has 1 aromatic heterocycles. The first kappa shape index (κ1) is 24.7. The summed E-state index contributed by atoms with van der Waals surface area (Å²) < 4.78 is 49.6. The van der Waals surface area contributed by atoms with Crippen molar-refractivity contribution >= 4 is 39.0 Å². The lowest BCUT2D eigenvalue weighted by molar-refractivity contribution is 0.278. The van der Waals surface area contributed by atoms with E-state index in [0.29, 0.717) is 15.6 Å². The Morgan fingerprint density at radius 2 is 1.68 bits per heavy atom. The molecule has 0 aliphatic carbocycles. The highest BCUT2D eigenvalue weighted by atomic mass is 32.2. The minimum absolute atomic E-state index is 0.0421. The molecular weight excluding hydrogens is 473 g/mol. The van der Waals surface area contributed by atoms with Gasteiger partial charge in [0.05, 0.1) is 26.3 Å². The Morgan fingerprint density at radius 3 is 2.19 bits per heavy atom. The number of thiophene rings is 1. The minimum atomic E-state index is -4.58. The average Bonchev–Trinajstić information content (AvgIpc) is 3.03. The molecule has 0 unspecified atom stereocenters. The quantitative estimate of drug-likeness (QED) is 0.132. The average molecular weight is 491 g/mol. The van der Waals surface area contributed by atoms with Crippen LogP contribution < -0.4 is 14.2 Å². The van der Waals surface area contributed by atoms with Crippen molar-refractivity contribution in [1.29, 1.82) is 0 Å². The summed E-state index contributed by atoms with van der Waals surface area (Å²) in [7, 11) is -8.76. The first-order valence-electron chi connectivity index (χ1n) is 8.47. The van der Waals surface area contributed by atoms with Crippen molar-refractivity contribution in [2.75, 3.05) is 32.6 Å². The van der Waals surface area contributed by atoms with Crippen molar-refractivity contribution in [3.8, 4) is 11.5 Å². The zero-order valence-electron chi connectivity index (χ0n) is 16.1. The fourth-order valence-electron chi connectivity index (χ4n) is 2.40. The number of rotatable bonds is 12. The van der Waals surface area contributed by atoms with E-state index >= 15 is 0 Å². The van der Waals surface area contributed by atoms with E-state index < -0.39 is 23.9 Å². The second kappa shape index (κ2) is 10.7. The Balaban J connectivity index is 2.43. The van der Waals surface area contributed by atoms with E-state index in [4.69, 9.17) is 30.3 Å². The molecule has 0 atom stereocenters. The van der Waals surface area contributed by atoms with E-state index in [9.17, 15) is 13.0 Å². The number of hydrogen-bond acceptors (Lipinski definition) is 8. The van der Waals surface area contributed by atoms with E-state index in [2.05, 4.69) is 20.1 Å². The number of azide groups is 2. The third-order valence-corrected chi connectivity index (χ3v) is 7.75. The van der Waals surface area contributed by atoms with Crippen LogP contribution in [-0.2, 0) is 14.6 Å². The summed E-state index contributed by atoms with van der Waals surface area (Å²) in [6.07, 6.45) is -1.02. The zero-order chi connectivity index (χ0) is 23.1. The smallest absolute Gasteiger partial charge is 0.340 e. The molecule has 0 aliphatic heterocycles. The minimum Gasteiger partial charge on any atom is -0.490 e. The van der Waals surface area contributed by atoms with Crippen LogP contribution in [0, 0.1) is 6.92 Å². The molecule has 0 radical (unpaired) electrons. The summed E-state index contributed by atoms with van der Waals surface area (Å²) in [5.74, 6) is 0.518. The Kier molecular flexibility index (Phi) is 8.51. The summed E-state index contributed by atoms with van der Waals surface area (Å²) >= 11 is 0.892. The van der Waals surface area contributed by atoms with E-state index in [1.54, 1.807) is 19.1 Å². The number of nitrogens with zero attached hydrogens (tertiary/aromatic N) is 6. The molecule has 1 aromatic carbocycles. The maximum absolute atomic E-state index is 12.5. The van der Waals surface area contributed by atoms with Crippen LogP contribution in [0.15, 0.2) is 26.6 Å². The van der Waals surface area contributed by atoms with Gasteiger partial charge in [-0.3, -0.25) is 4.57 Å². The van der Waals surface area contributed by atoms with Gasteiger partial charge in [0, 0.05) is 26.0 Å². The van der Waals surface area contributed by atoms with Gasteiger partial charge in [-0.1, -0.05) is 10.2 Å². The van der Waals surface area contributed by atoms with E-state index in [0.717, 1.165) is 11.3 Å². The number of fused-ring (bicyclic) bond motifs is 1. The number of benzene rings is 1. The van der Waals surface area contributed by atoms with Gasteiger partial charge in [-0.2, -0.15) is 4.72 Å². The second-order valence-electron chi connectivity index (χ2n) is 5.89. The summed E-state index contributed by atoms with van der Waals surface area (Å²) in [5, 5.41) is 7.27. The number of sulfonamides is 1. The third-order valence-electron chi connectivity index (χ3n) is 3.69. The molecule has 0 saturated heterocycles. The van der Waals surface area contributed by atoms with Crippen LogP contribution in [0.5, 0.6) is 11.5 Å². The van der Waals surface area contributed by atoms with Crippen LogP contribution in [0.4, 0.5) is 0 Å². The Bertz CT molecular complexity index is 1200. The van der Waals surface area contributed by atoms with Crippen LogP contribution in [0.3, 0.4) is 0 Å². The first-order chi connectivity index (χ1) is 14.6. The molecule has 0 spiro atoms. The number of aryl methyl sites for hydroxylation is 1. The molecule has 0 fully saturated rings. The molecule has 2 aromatic rings. The Morgan fingerprint density at radius 1 is 1.13 bits per heavy atom. The predicted octanol–water partition coefficient (Wildman–Crippen LogP) is 3.00. The van der Waals surface area contributed by atoms with Crippen LogP contribution >= 0.6 is 18.9 Å². The Labute approximate surface area is 180 Å². The van der Waals surface area contributed by atoms with E-state index in [1.165, 1.54) is 0 Å². The molecule has 0 saturated carbocycles. The van der Waals surface area contributed by atoms with E-state index in [1.807, 2.05) is 4.72 Å². The molecule has 1 heterocycles. The molecule has 17 heteroatoms. The van der Waals surface area contributed by atoms with Crippen molar-refractivity contribution in [3.05, 3.63) is 38.6 Å². The normalized spacial score (nSPS) is 11.6. The van der Waals surface area contributed by atoms with Crippen molar-refractivity contribution in [2.24, 2.45) is 10.2 Å². The topological polar surface area (TPSA) is 220 Å². The maximum atomic E-state index is 12.5. The highest BCUT2D eigenvalue weighted by Crippen LogP contribution is 2.41. The molecular formula is C14H18N7O7PS2. The summed E-state index contributed by atoms with van der Waals surface area (Å²) in [4.78, 5) is 23.1. The van der Waals surface area contributed by atoms with Gasteiger partial charge in [0.1, 0.15) is 10.5 Å². The molecule has 14 nitrogen and oxygen atoms in total. The SMILES string of the molecule is Cc1c(S(=O)(=O)NCP(=O)(O)O)sc2cc(OCCN=[N+]=[N-])c(OCCN=[N+]=[N-])cc12. The van der Waals surface area contributed by atoms with Crippen molar-refractivity contribution in [3.63, 3.8) is 0 Å². The fourth-order valence-corrected chi connectivity index (χ4v) is 6.24. The van der Waals surface area contributed by atoms with Gasteiger partial charge in [-0.15, -0.1) is 11.3 Å².